The zero-order chi connectivity index (χ0) is 9.31. The molecule has 0 spiro atoms. The van der Waals surface area contributed by atoms with Crippen LogP contribution >= 0.6 is 0 Å². The van der Waals surface area contributed by atoms with Crippen molar-refractivity contribution in [1.82, 2.24) is 0 Å². The molecule has 0 bridgehead atoms. The van der Waals surface area contributed by atoms with Crippen LogP contribution in [0.5, 0.6) is 0 Å². The lowest BCUT2D eigenvalue weighted by Gasteiger charge is -2.32. The maximum absolute atomic E-state index is 10.3. The van der Waals surface area contributed by atoms with Crippen molar-refractivity contribution in [3.05, 3.63) is 0 Å². The van der Waals surface area contributed by atoms with Crippen molar-refractivity contribution in [3.63, 3.8) is 0 Å². The van der Waals surface area contributed by atoms with Crippen LogP contribution in [0.15, 0.2) is 0 Å². The van der Waals surface area contributed by atoms with Crippen LogP contribution in [-0.2, 0) is 0 Å². The van der Waals surface area contributed by atoms with Crippen LogP contribution in [0.25, 0.3) is 0 Å². The Hall–Kier alpha value is -0.0800. The molecule has 2 aliphatic carbocycles. The summed E-state index contributed by atoms with van der Waals surface area (Å²) in [5, 5.41) is 20.2. The maximum Gasteiger partial charge on any atom is 0.0908 e. The summed E-state index contributed by atoms with van der Waals surface area (Å²) in [5.41, 5.74) is -0.738. The van der Waals surface area contributed by atoms with Gasteiger partial charge in [0, 0.05) is 0 Å². The lowest BCUT2D eigenvalue weighted by atomic mass is 9.86. The molecular formula is C11H20O2. The van der Waals surface area contributed by atoms with Crippen molar-refractivity contribution >= 4 is 0 Å². The Labute approximate surface area is 80.0 Å². The van der Waals surface area contributed by atoms with Gasteiger partial charge in [-0.1, -0.05) is 25.7 Å². The standard InChI is InChI=1S/C11H20O2/c12-10(9-5-6-9)11(13)7-3-1-2-4-8-11/h9-10,12-13H,1-8H2. The first-order valence-electron chi connectivity index (χ1n) is 5.63. The van der Waals surface area contributed by atoms with E-state index in [9.17, 15) is 10.2 Å². The van der Waals surface area contributed by atoms with E-state index in [4.69, 9.17) is 0 Å². The minimum absolute atomic E-state index is 0.406. The number of rotatable bonds is 2. The third-order valence-corrected chi connectivity index (χ3v) is 3.59. The molecule has 2 N–H and O–H groups in total. The first kappa shape index (κ1) is 9.47. The van der Waals surface area contributed by atoms with E-state index in [2.05, 4.69) is 0 Å². The third-order valence-electron chi connectivity index (χ3n) is 3.59. The predicted molar refractivity (Wildman–Crippen MR) is 51.4 cm³/mol. The van der Waals surface area contributed by atoms with Crippen molar-refractivity contribution in [2.24, 2.45) is 5.92 Å². The highest BCUT2D eigenvalue weighted by atomic mass is 16.3. The van der Waals surface area contributed by atoms with Crippen LogP contribution in [0.3, 0.4) is 0 Å². The van der Waals surface area contributed by atoms with Crippen molar-refractivity contribution in [2.75, 3.05) is 0 Å². The Morgan fingerprint density at radius 3 is 2.00 bits per heavy atom. The van der Waals surface area contributed by atoms with E-state index in [1.807, 2.05) is 0 Å². The number of hydrogen-bond donors (Lipinski definition) is 2. The number of hydrogen-bond acceptors (Lipinski definition) is 2. The smallest absolute Gasteiger partial charge is 0.0908 e. The van der Waals surface area contributed by atoms with Crippen LogP contribution in [-0.4, -0.2) is 21.9 Å². The third kappa shape index (κ3) is 2.05. The molecule has 2 rings (SSSR count). The number of aliphatic hydroxyl groups excluding tert-OH is 1. The van der Waals surface area contributed by atoms with E-state index in [0.29, 0.717) is 5.92 Å². The maximum atomic E-state index is 10.3. The average Bonchev–Trinajstić information content (AvgIpc) is 2.89. The molecule has 1 atom stereocenters. The van der Waals surface area contributed by atoms with Gasteiger partial charge < -0.3 is 10.2 Å². The monoisotopic (exact) mass is 184 g/mol. The Morgan fingerprint density at radius 2 is 1.54 bits per heavy atom. The van der Waals surface area contributed by atoms with E-state index in [1.54, 1.807) is 0 Å². The Kier molecular flexibility index (Phi) is 2.61. The predicted octanol–water partition coefficient (Wildman–Crippen LogP) is 1.84. The fourth-order valence-electron chi connectivity index (χ4n) is 2.49. The van der Waals surface area contributed by atoms with Gasteiger partial charge in [0.15, 0.2) is 0 Å². The van der Waals surface area contributed by atoms with Crippen molar-refractivity contribution in [3.8, 4) is 0 Å². The molecular weight excluding hydrogens is 164 g/mol. The summed E-state index contributed by atoms with van der Waals surface area (Å²) < 4.78 is 0. The van der Waals surface area contributed by atoms with E-state index in [1.165, 1.54) is 12.8 Å². The highest BCUT2D eigenvalue weighted by molar-refractivity contribution is 4.96. The van der Waals surface area contributed by atoms with Gasteiger partial charge in [-0.15, -0.1) is 0 Å². The summed E-state index contributed by atoms with van der Waals surface area (Å²) in [5.74, 6) is 0.406. The molecule has 1 unspecified atom stereocenters. The average molecular weight is 184 g/mol. The minimum atomic E-state index is -0.738. The van der Waals surface area contributed by atoms with E-state index in [0.717, 1.165) is 38.5 Å². The molecule has 2 saturated carbocycles. The first-order valence-corrected chi connectivity index (χ1v) is 5.63. The quantitative estimate of drug-likeness (QED) is 0.643. The lowest BCUT2D eigenvalue weighted by molar-refractivity contribution is -0.0936. The van der Waals surface area contributed by atoms with Gasteiger partial charge in [-0.2, -0.15) is 0 Å². The Bertz CT molecular complexity index is 167. The largest absolute Gasteiger partial charge is 0.390 e. The van der Waals surface area contributed by atoms with Gasteiger partial charge in [0.1, 0.15) is 0 Å². The van der Waals surface area contributed by atoms with Gasteiger partial charge in [0.2, 0.25) is 0 Å². The lowest BCUT2D eigenvalue weighted by Crippen LogP contribution is -2.43. The molecule has 76 valence electrons. The van der Waals surface area contributed by atoms with E-state index < -0.39 is 11.7 Å². The van der Waals surface area contributed by atoms with Gasteiger partial charge in [-0.25, -0.2) is 0 Å². The van der Waals surface area contributed by atoms with E-state index >= 15 is 0 Å². The molecule has 0 saturated heterocycles. The van der Waals surface area contributed by atoms with Gasteiger partial charge >= 0.3 is 0 Å². The molecule has 2 heteroatoms. The fraction of sp³-hybridized carbons (Fsp3) is 1.00. The van der Waals surface area contributed by atoms with Crippen molar-refractivity contribution in [1.29, 1.82) is 0 Å². The molecule has 2 fully saturated rings. The van der Waals surface area contributed by atoms with Gasteiger partial charge in [-0.05, 0) is 31.6 Å². The summed E-state index contributed by atoms with van der Waals surface area (Å²) in [7, 11) is 0. The van der Waals surface area contributed by atoms with E-state index in [-0.39, 0.29) is 0 Å². The normalized spacial score (nSPS) is 30.9. The SMILES string of the molecule is OC(C1CC1)C1(O)CCCCCC1. The summed E-state index contributed by atoms with van der Waals surface area (Å²) in [4.78, 5) is 0. The van der Waals surface area contributed by atoms with Crippen LogP contribution in [0, 0.1) is 5.92 Å². The second-order valence-electron chi connectivity index (χ2n) is 4.80. The molecule has 13 heavy (non-hydrogen) atoms. The first-order chi connectivity index (χ1) is 6.22. The molecule has 0 amide bonds. The topological polar surface area (TPSA) is 40.5 Å². The molecule has 0 aromatic rings. The number of aliphatic hydroxyl groups is 2. The summed E-state index contributed by atoms with van der Waals surface area (Å²) in [6, 6.07) is 0. The molecule has 0 aromatic carbocycles. The highest BCUT2D eigenvalue weighted by Gasteiger charge is 2.44. The second kappa shape index (κ2) is 3.58. The van der Waals surface area contributed by atoms with Crippen LogP contribution in [0.4, 0.5) is 0 Å². The van der Waals surface area contributed by atoms with Crippen molar-refractivity contribution in [2.45, 2.75) is 63.1 Å². The summed E-state index contributed by atoms with van der Waals surface area (Å²) in [6.07, 6.45) is 8.02. The molecule has 0 aliphatic heterocycles. The molecule has 0 heterocycles. The van der Waals surface area contributed by atoms with Gasteiger partial charge in [0.05, 0.1) is 11.7 Å². The fourth-order valence-corrected chi connectivity index (χ4v) is 2.49. The van der Waals surface area contributed by atoms with Gasteiger partial charge in [0.25, 0.3) is 0 Å². The van der Waals surface area contributed by atoms with Crippen LogP contribution < -0.4 is 0 Å². The zero-order valence-corrected chi connectivity index (χ0v) is 8.21. The summed E-state index contributed by atoms with van der Waals surface area (Å²) in [6.45, 7) is 0. The Balaban J connectivity index is 1.97. The zero-order valence-electron chi connectivity index (χ0n) is 8.21. The van der Waals surface area contributed by atoms with Crippen molar-refractivity contribution < 1.29 is 10.2 Å². The molecule has 2 aliphatic rings. The highest BCUT2D eigenvalue weighted by Crippen LogP contribution is 2.41. The van der Waals surface area contributed by atoms with Crippen LogP contribution in [0.1, 0.15) is 51.4 Å². The Morgan fingerprint density at radius 1 is 1.00 bits per heavy atom. The molecule has 0 aromatic heterocycles. The van der Waals surface area contributed by atoms with Gasteiger partial charge in [-0.3, -0.25) is 0 Å². The minimum Gasteiger partial charge on any atom is -0.390 e. The molecule has 2 nitrogen and oxygen atoms in total. The van der Waals surface area contributed by atoms with Crippen LogP contribution in [0.2, 0.25) is 0 Å². The summed E-state index contributed by atoms with van der Waals surface area (Å²) >= 11 is 0. The molecule has 0 radical (unpaired) electrons. The second-order valence-corrected chi connectivity index (χ2v) is 4.80.